The van der Waals surface area contributed by atoms with Gasteiger partial charge in [0.1, 0.15) is 0 Å². The maximum absolute atomic E-state index is 12.5. The molecule has 0 fully saturated rings. The van der Waals surface area contributed by atoms with Crippen molar-refractivity contribution < 1.29 is 18.0 Å². The zero-order chi connectivity index (χ0) is 16.9. The number of benzene rings is 1. The van der Waals surface area contributed by atoms with Crippen LogP contribution in [0.4, 0.5) is 18.0 Å². The van der Waals surface area contributed by atoms with Crippen LogP contribution in [0.1, 0.15) is 29.7 Å². The Bertz CT molecular complexity index is 642. The zero-order valence-corrected chi connectivity index (χ0v) is 12.4. The van der Waals surface area contributed by atoms with Gasteiger partial charge in [-0.15, -0.1) is 0 Å². The highest BCUT2D eigenvalue weighted by atomic mass is 19.4. The molecule has 0 aliphatic carbocycles. The van der Waals surface area contributed by atoms with Crippen molar-refractivity contribution in [1.82, 2.24) is 15.6 Å². The van der Waals surface area contributed by atoms with Crippen molar-refractivity contribution in [1.29, 1.82) is 0 Å². The Kier molecular flexibility index (Phi) is 5.20. The molecule has 0 spiro atoms. The van der Waals surface area contributed by atoms with Gasteiger partial charge in [0.15, 0.2) is 0 Å². The smallest absolute Gasteiger partial charge is 0.334 e. The van der Waals surface area contributed by atoms with Gasteiger partial charge < -0.3 is 10.6 Å². The van der Waals surface area contributed by atoms with Crippen molar-refractivity contribution >= 4 is 6.03 Å². The van der Waals surface area contributed by atoms with Crippen LogP contribution in [-0.2, 0) is 12.7 Å². The Morgan fingerprint density at radius 3 is 2.30 bits per heavy atom. The number of halogens is 3. The van der Waals surface area contributed by atoms with E-state index in [0.717, 1.165) is 17.7 Å². The number of pyridine rings is 1. The highest BCUT2D eigenvalue weighted by molar-refractivity contribution is 5.74. The van der Waals surface area contributed by atoms with Crippen molar-refractivity contribution in [2.75, 3.05) is 0 Å². The maximum Gasteiger partial charge on any atom is 0.416 e. The van der Waals surface area contributed by atoms with E-state index in [9.17, 15) is 18.0 Å². The largest absolute Gasteiger partial charge is 0.416 e. The summed E-state index contributed by atoms with van der Waals surface area (Å²) in [6.45, 7) is 1.97. The van der Waals surface area contributed by atoms with Gasteiger partial charge in [0.25, 0.3) is 0 Å². The number of carbonyl (C=O) groups excluding carboxylic acids is 1. The molecule has 23 heavy (non-hydrogen) atoms. The van der Waals surface area contributed by atoms with Gasteiger partial charge in [-0.2, -0.15) is 13.2 Å². The summed E-state index contributed by atoms with van der Waals surface area (Å²) in [6, 6.07) is 7.66. The Hall–Kier alpha value is -2.57. The van der Waals surface area contributed by atoms with E-state index in [2.05, 4.69) is 15.6 Å². The normalized spacial score (nSPS) is 12.5. The quantitative estimate of drug-likeness (QED) is 0.902. The Labute approximate surface area is 131 Å². The van der Waals surface area contributed by atoms with Gasteiger partial charge in [0, 0.05) is 18.9 Å². The first-order chi connectivity index (χ1) is 10.9. The molecular weight excluding hydrogens is 307 g/mol. The van der Waals surface area contributed by atoms with Crippen molar-refractivity contribution in [2.24, 2.45) is 0 Å². The van der Waals surface area contributed by atoms with Crippen LogP contribution in [0.2, 0.25) is 0 Å². The van der Waals surface area contributed by atoms with Gasteiger partial charge in [-0.1, -0.05) is 12.1 Å². The van der Waals surface area contributed by atoms with Gasteiger partial charge in [-0.05, 0) is 42.3 Å². The first-order valence-corrected chi connectivity index (χ1v) is 6.96. The number of amides is 2. The number of rotatable bonds is 4. The molecule has 7 heteroatoms. The minimum absolute atomic E-state index is 0.146. The standard InChI is InChI=1S/C16H16F3N3O/c1-11(13-6-8-20-9-7-13)22-15(23)21-10-12-2-4-14(5-3-12)16(17,18)19/h2-9,11H,10H2,1H3,(H2,21,22,23)/t11-/m1/s1. The monoisotopic (exact) mass is 323 g/mol. The lowest BCUT2D eigenvalue weighted by Crippen LogP contribution is -2.36. The summed E-state index contributed by atoms with van der Waals surface area (Å²) in [5, 5.41) is 5.36. The number of nitrogens with one attached hydrogen (secondary N) is 2. The van der Waals surface area contributed by atoms with Crippen LogP contribution in [0.15, 0.2) is 48.8 Å². The molecule has 1 aromatic heterocycles. The third kappa shape index (κ3) is 4.98. The van der Waals surface area contributed by atoms with Crippen LogP contribution in [0.3, 0.4) is 0 Å². The van der Waals surface area contributed by atoms with Crippen LogP contribution >= 0.6 is 0 Å². The highest BCUT2D eigenvalue weighted by Crippen LogP contribution is 2.29. The van der Waals surface area contributed by atoms with Crippen LogP contribution in [0.5, 0.6) is 0 Å². The average molecular weight is 323 g/mol. The first-order valence-electron chi connectivity index (χ1n) is 6.96. The van der Waals surface area contributed by atoms with Gasteiger partial charge in [0.2, 0.25) is 0 Å². The number of nitrogens with zero attached hydrogens (tertiary/aromatic N) is 1. The first kappa shape index (κ1) is 16.8. The minimum Gasteiger partial charge on any atom is -0.334 e. The van der Waals surface area contributed by atoms with E-state index in [1.165, 1.54) is 12.1 Å². The van der Waals surface area contributed by atoms with Crippen molar-refractivity contribution in [3.05, 3.63) is 65.5 Å². The fraction of sp³-hybridized carbons (Fsp3) is 0.250. The zero-order valence-electron chi connectivity index (χ0n) is 12.4. The molecule has 122 valence electrons. The Morgan fingerprint density at radius 1 is 1.13 bits per heavy atom. The number of hydrogen-bond acceptors (Lipinski definition) is 2. The van der Waals surface area contributed by atoms with E-state index < -0.39 is 17.8 Å². The van der Waals surface area contributed by atoms with Crippen molar-refractivity contribution in [3.8, 4) is 0 Å². The number of alkyl halides is 3. The van der Waals surface area contributed by atoms with E-state index in [-0.39, 0.29) is 12.6 Å². The molecule has 0 unspecified atom stereocenters. The van der Waals surface area contributed by atoms with Crippen LogP contribution in [0.25, 0.3) is 0 Å². The number of carbonyl (C=O) groups is 1. The summed E-state index contributed by atoms with van der Waals surface area (Å²) >= 11 is 0. The predicted octanol–water partition coefficient (Wildman–Crippen LogP) is 3.66. The second-order valence-electron chi connectivity index (χ2n) is 5.02. The van der Waals surface area contributed by atoms with E-state index in [0.29, 0.717) is 5.56 Å². The van der Waals surface area contributed by atoms with Crippen molar-refractivity contribution in [2.45, 2.75) is 25.7 Å². The third-order valence-electron chi connectivity index (χ3n) is 3.29. The molecule has 1 aromatic carbocycles. The Balaban J connectivity index is 1.85. The minimum atomic E-state index is -4.36. The van der Waals surface area contributed by atoms with Gasteiger partial charge in [-0.3, -0.25) is 4.98 Å². The summed E-state index contributed by atoms with van der Waals surface area (Å²) in [4.78, 5) is 15.7. The summed E-state index contributed by atoms with van der Waals surface area (Å²) in [6.07, 6.45) is -1.09. The average Bonchev–Trinajstić information content (AvgIpc) is 2.53. The van der Waals surface area contributed by atoms with Crippen LogP contribution in [0, 0.1) is 0 Å². The fourth-order valence-corrected chi connectivity index (χ4v) is 1.98. The lowest BCUT2D eigenvalue weighted by molar-refractivity contribution is -0.137. The summed E-state index contributed by atoms with van der Waals surface area (Å²) in [5.74, 6) is 0. The number of hydrogen-bond donors (Lipinski definition) is 2. The molecule has 0 aliphatic heterocycles. The SMILES string of the molecule is C[C@@H](NC(=O)NCc1ccc(C(F)(F)F)cc1)c1ccncc1. The lowest BCUT2D eigenvalue weighted by Gasteiger charge is -2.15. The Morgan fingerprint density at radius 2 is 1.74 bits per heavy atom. The van der Waals surface area contributed by atoms with Crippen LogP contribution in [-0.4, -0.2) is 11.0 Å². The maximum atomic E-state index is 12.5. The van der Waals surface area contributed by atoms with Crippen molar-refractivity contribution in [3.63, 3.8) is 0 Å². The van der Waals surface area contributed by atoms with Gasteiger partial charge in [-0.25, -0.2) is 4.79 Å². The molecule has 0 saturated carbocycles. The molecule has 0 bridgehead atoms. The molecular formula is C16H16F3N3O. The molecule has 1 heterocycles. The fourth-order valence-electron chi connectivity index (χ4n) is 1.98. The molecule has 1 atom stereocenters. The van der Waals surface area contributed by atoms with E-state index >= 15 is 0 Å². The molecule has 2 amide bonds. The summed E-state index contributed by atoms with van der Waals surface area (Å²) in [5.41, 5.74) is 0.784. The van der Waals surface area contributed by atoms with E-state index in [4.69, 9.17) is 0 Å². The molecule has 4 nitrogen and oxygen atoms in total. The summed E-state index contributed by atoms with van der Waals surface area (Å²) in [7, 11) is 0. The number of aromatic nitrogens is 1. The third-order valence-corrected chi connectivity index (χ3v) is 3.29. The van der Waals surface area contributed by atoms with E-state index in [1.54, 1.807) is 24.5 Å². The molecule has 0 radical (unpaired) electrons. The van der Waals surface area contributed by atoms with Gasteiger partial charge >= 0.3 is 12.2 Å². The molecule has 0 aliphatic rings. The molecule has 0 saturated heterocycles. The topological polar surface area (TPSA) is 54.0 Å². The molecule has 2 aromatic rings. The second kappa shape index (κ2) is 7.13. The number of urea groups is 1. The van der Waals surface area contributed by atoms with Gasteiger partial charge in [0.05, 0.1) is 11.6 Å². The summed E-state index contributed by atoms with van der Waals surface area (Å²) < 4.78 is 37.4. The molecule has 2 N–H and O–H groups in total. The predicted molar refractivity (Wildman–Crippen MR) is 79.5 cm³/mol. The lowest BCUT2D eigenvalue weighted by atomic mass is 10.1. The van der Waals surface area contributed by atoms with Crippen LogP contribution < -0.4 is 10.6 Å². The highest BCUT2D eigenvalue weighted by Gasteiger charge is 2.29. The second-order valence-corrected chi connectivity index (χ2v) is 5.02. The molecule has 2 rings (SSSR count). The van der Waals surface area contributed by atoms with E-state index in [1.807, 2.05) is 6.92 Å².